The summed E-state index contributed by atoms with van der Waals surface area (Å²) in [5, 5.41) is 15.9. The van der Waals surface area contributed by atoms with Gasteiger partial charge in [-0.25, -0.2) is 0 Å². The van der Waals surface area contributed by atoms with Gasteiger partial charge >= 0.3 is 0 Å². The minimum atomic E-state index is 0.0266. The minimum Gasteiger partial charge on any atom is -0.379 e. The van der Waals surface area contributed by atoms with Crippen LogP contribution in [0.2, 0.25) is 0 Å². The number of morpholine rings is 1. The molecule has 0 bridgehead atoms. The Morgan fingerprint density at radius 1 is 1.19 bits per heavy atom. The maximum atomic E-state index is 12.7. The number of hydrogen-bond donors (Lipinski definition) is 1. The number of benzene rings is 1. The van der Waals surface area contributed by atoms with E-state index < -0.39 is 0 Å². The fourth-order valence-corrected chi connectivity index (χ4v) is 5.38. The predicted molar refractivity (Wildman–Crippen MR) is 121 cm³/mol. The molecule has 9 heteroatoms. The molecule has 2 heterocycles. The van der Waals surface area contributed by atoms with Gasteiger partial charge in [0, 0.05) is 25.2 Å². The summed E-state index contributed by atoms with van der Waals surface area (Å²) in [6.07, 6.45) is 6.03. The second kappa shape index (κ2) is 10.1. The van der Waals surface area contributed by atoms with E-state index in [1.165, 1.54) is 31.0 Å². The quantitative estimate of drug-likeness (QED) is 0.657. The smallest absolute Gasteiger partial charge is 0.230 e. The number of hydrogen-bond acceptors (Lipinski definition) is 7. The molecule has 2 fully saturated rings. The van der Waals surface area contributed by atoms with E-state index in [4.69, 9.17) is 4.74 Å². The number of ether oxygens (including phenoxy) is 1. The van der Waals surface area contributed by atoms with Crippen LogP contribution in [0.3, 0.4) is 0 Å². The van der Waals surface area contributed by atoms with Crippen LogP contribution in [-0.4, -0.2) is 75.2 Å². The molecule has 1 aromatic carbocycles. The predicted octanol–water partition coefficient (Wildman–Crippen LogP) is 2.52. The average molecular weight is 445 g/mol. The fourth-order valence-electron chi connectivity index (χ4n) is 4.66. The maximum Gasteiger partial charge on any atom is 0.230 e. The zero-order chi connectivity index (χ0) is 21.7. The van der Waals surface area contributed by atoms with E-state index in [-0.39, 0.29) is 11.4 Å². The number of aryl methyl sites for hydroxylation is 2. The molecule has 0 atom stereocenters. The molecule has 1 aliphatic heterocycles. The largest absolute Gasteiger partial charge is 0.379 e. The van der Waals surface area contributed by atoms with Crippen LogP contribution in [0, 0.1) is 13.8 Å². The number of rotatable bonds is 7. The van der Waals surface area contributed by atoms with Crippen molar-refractivity contribution in [3.8, 4) is 5.69 Å². The minimum absolute atomic E-state index is 0.0266. The van der Waals surface area contributed by atoms with Crippen LogP contribution in [0.4, 0.5) is 0 Å². The molecule has 1 amide bonds. The number of thioether (sulfide) groups is 1. The van der Waals surface area contributed by atoms with Gasteiger partial charge in [-0.05, 0) is 54.3 Å². The summed E-state index contributed by atoms with van der Waals surface area (Å²) in [7, 11) is 0. The van der Waals surface area contributed by atoms with Crippen LogP contribution in [0.15, 0.2) is 23.4 Å². The van der Waals surface area contributed by atoms with Gasteiger partial charge in [0.25, 0.3) is 0 Å². The molecule has 2 aliphatic rings. The average Bonchev–Trinajstić information content (AvgIpc) is 3.27. The first kappa shape index (κ1) is 22.2. The van der Waals surface area contributed by atoms with Gasteiger partial charge in [0.1, 0.15) is 0 Å². The van der Waals surface area contributed by atoms with Crippen LogP contribution in [-0.2, 0) is 9.53 Å². The van der Waals surface area contributed by atoms with Crippen molar-refractivity contribution < 1.29 is 9.53 Å². The Morgan fingerprint density at radius 2 is 1.97 bits per heavy atom. The monoisotopic (exact) mass is 444 g/mol. The lowest BCUT2D eigenvalue weighted by Crippen LogP contribution is -2.59. The number of aromatic nitrogens is 4. The van der Waals surface area contributed by atoms with Crippen molar-refractivity contribution in [1.29, 1.82) is 0 Å². The highest BCUT2D eigenvalue weighted by Gasteiger charge is 2.38. The van der Waals surface area contributed by atoms with Crippen LogP contribution in [0.5, 0.6) is 0 Å². The number of nitrogens with zero attached hydrogens (tertiary/aromatic N) is 5. The molecule has 1 N–H and O–H groups in total. The van der Waals surface area contributed by atoms with Crippen molar-refractivity contribution in [3.05, 3.63) is 29.3 Å². The standard InChI is InChI=1S/C22H32N6O2S/c1-17-6-7-18(2)19(14-17)28-21(24-25-26-28)31-15-20(29)23-16-22(8-4-3-5-9-22)27-10-12-30-13-11-27/h6-7,14H,3-5,8-13,15-16H2,1-2H3,(H,23,29). The Labute approximate surface area is 188 Å². The van der Waals surface area contributed by atoms with Crippen molar-refractivity contribution in [2.75, 3.05) is 38.6 Å². The van der Waals surface area contributed by atoms with Crippen LogP contribution in [0.1, 0.15) is 43.2 Å². The van der Waals surface area contributed by atoms with E-state index in [0.29, 0.717) is 17.5 Å². The van der Waals surface area contributed by atoms with Crippen molar-refractivity contribution in [2.45, 2.75) is 56.6 Å². The Hall–Kier alpha value is -1.97. The number of carbonyl (C=O) groups excluding carboxylic acids is 1. The molecule has 1 saturated carbocycles. The van der Waals surface area contributed by atoms with Crippen molar-refractivity contribution in [2.24, 2.45) is 0 Å². The summed E-state index contributed by atoms with van der Waals surface area (Å²) < 4.78 is 7.27. The van der Waals surface area contributed by atoms with Crippen molar-refractivity contribution >= 4 is 17.7 Å². The molecular weight excluding hydrogens is 412 g/mol. The lowest BCUT2D eigenvalue weighted by atomic mass is 9.79. The fraction of sp³-hybridized carbons (Fsp3) is 0.636. The summed E-state index contributed by atoms with van der Waals surface area (Å²) in [6, 6.07) is 6.19. The third kappa shape index (κ3) is 5.27. The van der Waals surface area contributed by atoms with Crippen LogP contribution >= 0.6 is 11.8 Å². The maximum absolute atomic E-state index is 12.7. The molecule has 1 saturated heterocycles. The molecule has 4 rings (SSSR count). The van der Waals surface area contributed by atoms with Gasteiger partial charge < -0.3 is 10.1 Å². The molecule has 1 aliphatic carbocycles. The first-order valence-corrected chi connectivity index (χ1v) is 12.1. The van der Waals surface area contributed by atoms with Crippen LogP contribution < -0.4 is 5.32 Å². The highest BCUT2D eigenvalue weighted by atomic mass is 32.2. The summed E-state index contributed by atoms with van der Waals surface area (Å²) in [5.41, 5.74) is 3.25. The van der Waals surface area contributed by atoms with Crippen molar-refractivity contribution in [3.63, 3.8) is 0 Å². The lowest BCUT2D eigenvalue weighted by Gasteiger charge is -2.48. The second-order valence-electron chi connectivity index (χ2n) is 8.61. The number of tetrazole rings is 1. The topological polar surface area (TPSA) is 85.2 Å². The van der Waals surface area contributed by atoms with E-state index in [1.807, 2.05) is 13.8 Å². The van der Waals surface area contributed by atoms with Gasteiger partial charge in [-0.1, -0.05) is 43.2 Å². The van der Waals surface area contributed by atoms with Crippen LogP contribution in [0.25, 0.3) is 5.69 Å². The molecule has 0 radical (unpaired) electrons. The summed E-state index contributed by atoms with van der Waals surface area (Å²) >= 11 is 1.37. The molecule has 0 spiro atoms. The summed E-state index contributed by atoms with van der Waals surface area (Å²) in [5.74, 6) is 0.323. The van der Waals surface area contributed by atoms with Gasteiger partial charge in [0.15, 0.2) is 0 Å². The first-order valence-electron chi connectivity index (χ1n) is 11.2. The Balaban J connectivity index is 1.36. The number of amides is 1. The zero-order valence-electron chi connectivity index (χ0n) is 18.5. The highest BCUT2D eigenvalue weighted by Crippen LogP contribution is 2.34. The second-order valence-corrected chi connectivity index (χ2v) is 9.56. The van der Waals surface area contributed by atoms with E-state index in [0.717, 1.165) is 56.0 Å². The van der Waals surface area contributed by atoms with E-state index in [9.17, 15) is 4.79 Å². The molecule has 2 aromatic rings. The van der Waals surface area contributed by atoms with E-state index in [2.05, 4.69) is 43.9 Å². The Bertz CT molecular complexity index is 890. The molecular formula is C22H32N6O2S. The summed E-state index contributed by atoms with van der Waals surface area (Å²) in [4.78, 5) is 15.3. The first-order chi connectivity index (χ1) is 15.1. The molecule has 0 unspecified atom stereocenters. The normalized spacial score (nSPS) is 19.3. The molecule has 8 nitrogen and oxygen atoms in total. The summed E-state index contributed by atoms with van der Waals surface area (Å²) in [6.45, 7) is 8.26. The van der Waals surface area contributed by atoms with Crippen molar-refractivity contribution in [1.82, 2.24) is 30.4 Å². The zero-order valence-corrected chi connectivity index (χ0v) is 19.3. The van der Waals surface area contributed by atoms with Gasteiger partial charge in [-0.15, -0.1) is 5.10 Å². The third-order valence-electron chi connectivity index (χ3n) is 6.45. The SMILES string of the molecule is Cc1ccc(C)c(-n2nnnc2SCC(=O)NCC2(N3CCOCC3)CCCCC2)c1. The molecule has 1 aromatic heterocycles. The Kier molecular flexibility index (Phi) is 7.24. The van der Waals surface area contributed by atoms with Gasteiger partial charge in [0.2, 0.25) is 11.1 Å². The molecule has 168 valence electrons. The van der Waals surface area contributed by atoms with Gasteiger partial charge in [-0.3, -0.25) is 9.69 Å². The van der Waals surface area contributed by atoms with E-state index in [1.54, 1.807) is 4.68 Å². The van der Waals surface area contributed by atoms with E-state index >= 15 is 0 Å². The third-order valence-corrected chi connectivity index (χ3v) is 7.37. The lowest BCUT2D eigenvalue weighted by molar-refractivity contribution is -0.119. The number of carbonyl (C=O) groups is 1. The number of nitrogens with one attached hydrogen (secondary N) is 1. The molecule has 31 heavy (non-hydrogen) atoms. The highest BCUT2D eigenvalue weighted by molar-refractivity contribution is 7.99. The van der Waals surface area contributed by atoms with Gasteiger partial charge in [-0.2, -0.15) is 4.68 Å². The Morgan fingerprint density at radius 3 is 2.74 bits per heavy atom. The van der Waals surface area contributed by atoms with Gasteiger partial charge in [0.05, 0.1) is 24.7 Å².